The minimum absolute atomic E-state index is 0.0447. The molecule has 0 aromatic carbocycles. The zero-order chi connectivity index (χ0) is 12.8. The first-order valence-corrected chi connectivity index (χ1v) is 5.14. The molecule has 1 aromatic heterocycles. The summed E-state index contributed by atoms with van der Waals surface area (Å²) >= 11 is 0. The van der Waals surface area contributed by atoms with Gasteiger partial charge in [-0.05, 0) is 25.5 Å². The summed E-state index contributed by atoms with van der Waals surface area (Å²) in [6, 6.07) is 2.44. The van der Waals surface area contributed by atoms with Crippen molar-refractivity contribution in [1.29, 1.82) is 0 Å². The van der Waals surface area contributed by atoms with Gasteiger partial charge in [0.15, 0.2) is 0 Å². The molecule has 1 unspecified atom stereocenters. The Balaban J connectivity index is 2.55. The third kappa shape index (κ3) is 4.18. The predicted molar refractivity (Wildman–Crippen MR) is 58.0 cm³/mol. The zero-order valence-electron chi connectivity index (χ0n) is 9.31. The Kier molecular flexibility index (Phi) is 4.56. The quantitative estimate of drug-likeness (QED) is 0.758. The molecule has 0 radical (unpaired) electrons. The van der Waals surface area contributed by atoms with E-state index >= 15 is 0 Å². The lowest BCUT2D eigenvalue weighted by Crippen LogP contribution is -2.33. The highest BCUT2D eigenvalue weighted by Gasteiger charge is 2.14. The molecule has 0 saturated heterocycles. The fraction of sp³-hybridized carbons (Fsp3) is 0.364. The number of rotatable bonds is 5. The molecule has 0 fully saturated rings. The molecule has 2 N–H and O–H groups in total. The molecule has 0 aliphatic rings. The Bertz CT molecular complexity index is 423. The van der Waals surface area contributed by atoms with Gasteiger partial charge in [0.05, 0.1) is 5.56 Å². The van der Waals surface area contributed by atoms with Crippen LogP contribution in [0.5, 0.6) is 0 Å². The number of aliphatic carboxylic acids is 1. The second-order valence-corrected chi connectivity index (χ2v) is 3.65. The molecule has 0 spiro atoms. The van der Waals surface area contributed by atoms with E-state index in [0.29, 0.717) is 6.42 Å². The van der Waals surface area contributed by atoms with E-state index in [-0.39, 0.29) is 18.0 Å². The first kappa shape index (κ1) is 13.1. The van der Waals surface area contributed by atoms with Crippen LogP contribution in [0, 0.1) is 5.95 Å². The fourth-order valence-electron chi connectivity index (χ4n) is 1.27. The lowest BCUT2D eigenvalue weighted by Gasteiger charge is -2.12. The molecule has 92 valence electrons. The summed E-state index contributed by atoms with van der Waals surface area (Å²) < 4.78 is 13.1. The Labute approximate surface area is 97.7 Å². The lowest BCUT2D eigenvalue weighted by molar-refractivity contribution is -0.137. The SMILES string of the molecule is CC(CCC(=O)O)NC(=O)c1cccnc1F. The first-order valence-electron chi connectivity index (χ1n) is 5.14. The van der Waals surface area contributed by atoms with E-state index in [1.807, 2.05) is 0 Å². The van der Waals surface area contributed by atoms with Crippen molar-refractivity contribution in [1.82, 2.24) is 10.3 Å². The number of pyridine rings is 1. The highest BCUT2D eigenvalue weighted by Crippen LogP contribution is 2.04. The van der Waals surface area contributed by atoms with Gasteiger partial charge in [0.1, 0.15) is 0 Å². The summed E-state index contributed by atoms with van der Waals surface area (Å²) in [6.45, 7) is 1.66. The lowest BCUT2D eigenvalue weighted by atomic mass is 10.1. The second-order valence-electron chi connectivity index (χ2n) is 3.65. The van der Waals surface area contributed by atoms with Gasteiger partial charge in [-0.25, -0.2) is 4.98 Å². The van der Waals surface area contributed by atoms with Crippen LogP contribution in [0.25, 0.3) is 0 Å². The largest absolute Gasteiger partial charge is 0.481 e. The van der Waals surface area contributed by atoms with E-state index < -0.39 is 17.8 Å². The Morgan fingerprint density at radius 3 is 2.88 bits per heavy atom. The number of carboxylic acids is 1. The van der Waals surface area contributed by atoms with Crippen LogP contribution < -0.4 is 5.32 Å². The highest BCUT2D eigenvalue weighted by molar-refractivity contribution is 5.94. The van der Waals surface area contributed by atoms with Crippen molar-refractivity contribution in [3.8, 4) is 0 Å². The summed E-state index contributed by atoms with van der Waals surface area (Å²) in [5.74, 6) is -2.36. The van der Waals surface area contributed by atoms with Crippen molar-refractivity contribution < 1.29 is 19.1 Å². The Morgan fingerprint density at radius 2 is 2.29 bits per heavy atom. The molecule has 6 heteroatoms. The van der Waals surface area contributed by atoms with Gasteiger partial charge in [0.2, 0.25) is 5.95 Å². The molecule has 1 heterocycles. The maximum absolute atomic E-state index is 13.1. The summed E-state index contributed by atoms with van der Waals surface area (Å²) in [7, 11) is 0. The summed E-state index contributed by atoms with van der Waals surface area (Å²) in [5.41, 5.74) is -0.144. The van der Waals surface area contributed by atoms with Gasteiger partial charge in [-0.3, -0.25) is 9.59 Å². The van der Waals surface area contributed by atoms with Crippen LogP contribution in [0.2, 0.25) is 0 Å². The third-order valence-corrected chi connectivity index (χ3v) is 2.17. The van der Waals surface area contributed by atoms with Gasteiger partial charge in [0, 0.05) is 18.7 Å². The van der Waals surface area contributed by atoms with Crippen molar-refractivity contribution in [3.63, 3.8) is 0 Å². The topological polar surface area (TPSA) is 79.3 Å². The molecule has 17 heavy (non-hydrogen) atoms. The monoisotopic (exact) mass is 240 g/mol. The van der Waals surface area contributed by atoms with Crippen LogP contribution in [0.4, 0.5) is 4.39 Å². The average Bonchev–Trinajstić information content (AvgIpc) is 2.26. The van der Waals surface area contributed by atoms with Crippen molar-refractivity contribution in [2.75, 3.05) is 0 Å². The number of aromatic nitrogens is 1. The van der Waals surface area contributed by atoms with E-state index in [2.05, 4.69) is 10.3 Å². The van der Waals surface area contributed by atoms with E-state index in [0.717, 1.165) is 0 Å². The minimum atomic E-state index is -0.932. The smallest absolute Gasteiger partial charge is 0.303 e. The molecular formula is C11H13FN2O3. The predicted octanol–water partition coefficient (Wildman–Crippen LogP) is 1.20. The number of hydrogen-bond acceptors (Lipinski definition) is 3. The molecule has 1 rings (SSSR count). The summed E-state index contributed by atoms with van der Waals surface area (Å²) in [4.78, 5) is 25.3. The van der Waals surface area contributed by atoms with Crippen LogP contribution >= 0.6 is 0 Å². The number of amides is 1. The van der Waals surface area contributed by atoms with Gasteiger partial charge in [-0.15, -0.1) is 0 Å². The van der Waals surface area contributed by atoms with Crippen LogP contribution in [0.1, 0.15) is 30.1 Å². The number of carbonyl (C=O) groups excluding carboxylic acids is 1. The molecule has 0 aliphatic heterocycles. The number of hydrogen-bond donors (Lipinski definition) is 2. The van der Waals surface area contributed by atoms with Crippen molar-refractivity contribution in [3.05, 3.63) is 29.8 Å². The van der Waals surface area contributed by atoms with E-state index in [4.69, 9.17) is 5.11 Å². The van der Waals surface area contributed by atoms with Gasteiger partial charge in [-0.2, -0.15) is 4.39 Å². The molecule has 0 aliphatic carbocycles. The van der Waals surface area contributed by atoms with E-state index in [1.54, 1.807) is 6.92 Å². The van der Waals surface area contributed by atoms with Crippen molar-refractivity contribution in [2.45, 2.75) is 25.8 Å². The van der Waals surface area contributed by atoms with Gasteiger partial charge < -0.3 is 10.4 Å². The molecule has 1 atom stereocenters. The van der Waals surface area contributed by atoms with Crippen molar-refractivity contribution in [2.24, 2.45) is 0 Å². The zero-order valence-corrected chi connectivity index (χ0v) is 9.31. The molecule has 1 amide bonds. The highest BCUT2D eigenvalue weighted by atomic mass is 19.1. The maximum Gasteiger partial charge on any atom is 0.303 e. The average molecular weight is 240 g/mol. The maximum atomic E-state index is 13.1. The summed E-state index contributed by atoms with van der Waals surface area (Å²) in [5, 5.41) is 11.0. The van der Waals surface area contributed by atoms with Crippen LogP contribution in [0.3, 0.4) is 0 Å². The van der Waals surface area contributed by atoms with E-state index in [1.165, 1.54) is 18.3 Å². The summed E-state index contributed by atoms with van der Waals surface area (Å²) in [6.07, 6.45) is 1.50. The first-order chi connectivity index (χ1) is 8.00. The Hall–Kier alpha value is -1.98. The number of carboxylic acid groups (broad SMARTS) is 1. The van der Waals surface area contributed by atoms with Crippen molar-refractivity contribution >= 4 is 11.9 Å². The number of halogens is 1. The van der Waals surface area contributed by atoms with Crippen LogP contribution in [-0.4, -0.2) is 28.0 Å². The number of nitrogens with zero attached hydrogens (tertiary/aromatic N) is 1. The molecule has 0 saturated carbocycles. The van der Waals surface area contributed by atoms with E-state index in [9.17, 15) is 14.0 Å². The fourth-order valence-corrected chi connectivity index (χ4v) is 1.27. The molecule has 1 aromatic rings. The third-order valence-electron chi connectivity index (χ3n) is 2.17. The normalized spacial score (nSPS) is 11.9. The second kappa shape index (κ2) is 5.93. The van der Waals surface area contributed by atoms with Gasteiger partial charge in [-0.1, -0.05) is 0 Å². The number of nitrogens with one attached hydrogen (secondary N) is 1. The van der Waals surface area contributed by atoms with Gasteiger partial charge >= 0.3 is 5.97 Å². The minimum Gasteiger partial charge on any atom is -0.481 e. The molecule has 5 nitrogen and oxygen atoms in total. The molecule has 0 bridgehead atoms. The molecular weight excluding hydrogens is 227 g/mol. The number of carbonyl (C=O) groups is 2. The van der Waals surface area contributed by atoms with Gasteiger partial charge in [0.25, 0.3) is 5.91 Å². The van der Waals surface area contributed by atoms with Crippen LogP contribution in [-0.2, 0) is 4.79 Å². The standard InChI is InChI=1S/C11H13FN2O3/c1-7(4-5-9(15)16)14-11(17)8-3-2-6-13-10(8)12/h2-3,6-7H,4-5H2,1H3,(H,14,17)(H,15,16). The van der Waals surface area contributed by atoms with Crippen LogP contribution in [0.15, 0.2) is 18.3 Å². The Morgan fingerprint density at radius 1 is 1.59 bits per heavy atom.